The van der Waals surface area contributed by atoms with Gasteiger partial charge in [-0.05, 0) is 24.2 Å². The van der Waals surface area contributed by atoms with Gasteiger partial charge < -0.3 is 5.32 Å². The lowest BCUT2D eigenvalue weighted by molar-refractivity contribution is -0.127. The van der Waals surface area contributed by atoms with Gasteiger partial charge in [-0.2, -0.15) is 0 Å². The van der Waals surface area contributed by atoms with E-state index in [-0.39, 0.29) is 11.3 Å². The molecule has 0 aliphatic carbocycles. The van der Waals surface area contributed by atoms with Crippen molar-refractivity contribution in [2.24, 2.45) is 11.3 Å². The van der Waals surface area contributed by atoms with Gasteiger partial charge in [-0.1, -0.05) is 34.6 Å². The average molecular weight is 199 g/mol. The molecule has 1 aliphatic rings. The van der Waals surface area contributed by atoms with Crippen LogP contribution in [-0.4, -0.2) is 12.5 Å². The number of carbonyl (C=O) groups excluding carboxylic acids is 1. The van der Waals surface area contributed by atoms with E-state index >= 15 is 0 Å². The molecule has 1 rings (SSSR count). The maximum atomic E-state index is 11.2. The minimum absolute atomic E-state index is 0.233. The third-order valence-corrected chi connectivity index (χ3v) is 3.39. The van der Waals surface area contributed by atoms with Crippen molar-refractivity contribution in [2.75, 3.05) is 6.54 Å². The Kier molecular flexibility index (Phi) is 5.82. The minimum atomic E-state index is 0.233. The minimum Gasteiger partial charge on any atom is -0.356 e. The third kappa shape index (κ3) is 3.00. The Morgan fingerprint density at radius 1 is 1.43 bits per heavy atom. The van der Waals surface area contributed by atoms with E-state index in [1.807, 2.05) is 13.8 Å². The molecule has 1 unspecified atom stereocenters. The van der Waals surface area contributed by atoms with Crippen LogP contribution in [0.4, 0.5) is 0 Å². The smallest absolute Gasteiger partial charge is 0.220 e. The summed E-state index contributed by atoms with van der Waals surface area (Å²) in [6.07, 6.45) is 2.99. The first-order valence-electron chi connectivity index (χ1n) is 5.87. The van der Waals surface area contributed by atoms with Gasteiger partial charge in [-0.15, -0.1) is 0 Å². The van der Waals surface area contributed by atoms with Gasteiger partial charge in [-0.3, -0.25) is 4.79 Å². The second-order valence-electron chi connectivity index (χ2n) is 4.15. The molecule has 0 bridgehead atoms. The Morgan fingerprint density at radius 3 is 2.29 bits per heavy atom. The Balaban J connectivity index is 0.000000791. The fourth-order valence-electron chi connectivity index (χ4n) is 2.12. The van der Waals surface area contributed by atoms with Gasteiger partial charge in [0.2, 0.25) is 5.91 Å². The van der Waals surface area contributed by atoms with Crippen molar-refractivity contribution in [3.8, 4) is 0 Å². The predicted octanol–water partition coefficient (Wildman–Crippen LogP) is 2.98. The van der Waals surface area contributed by atoms with Gasteiger partial charge in [0.05, 0.1) is 0 Å². The largest absolute Gasteiger partial charge is 0.356 e. The molecular weight excluding hydrogens is 174 g/mol. The van der Waals surface area contributed by atoms with Gasteiger partial charge >= 0.3 is 0 Å². The van der Waals surface area contributed by atoms with Crippen LogP contribution in [0.1, 0.15) is 53.9 Å². The van der Waals surface area contributed by atoms with Crippen LogP contribution in [0, 0.1) is 11.3 Å². The summed E-state index contributed by atoms with van der Waals surface area (Å²) >= 11 is 0. The summed E-state index contributed by atoms with van der Waals surface area (Å²) in [6.45, 7) is 11.5. The molecule has 1 aliphatic heterocycles. The second kappa shape index (κ2) is 6.05. The molecule has 1 atom stereocenters. The highest BCUT2D eigenvalue weighted by Crippen LogP contribution is 2.40. The molecule has 1 amide bonds. The highest BCUT2D eigenvalue weighted by molar-refractivity contribution is 5.77. The maximum absolute atomic E-state index is 11.2. The number of rotatable bonds is 2. The zero-order valence-corrected chi connectivity index (χ0v) is 10.3. The molecule has 2 nitrogen and oxygen atoms in total. The van der Waals surface area contributed by atoms with E-state index in [1.165, 1.54) is 0 Å². The van der Waals surface area contributed by atoms with E-state index in [2.05, 4.69) is 26.1 Å². The van der Waals surface area contributed by atoms with E-state index < -0.39 is 0 Å². The summed E-state index contributed by atoms with van der Waals surface area (Å²) in [5, 5.41) is 2.89. The third-order valence-electron chi connectivity index (χ3n) is 3.39. The molecule has 0 spiro atoms. The molecule has 1 heterocycles. The summed E-state index contributed by atoms with van der Waals surface area (Å²) in [6, 6.07) is 0. The van der Waals surface area contributed by atoms with Crippen molar-refractivity contribution < 1.29 is 4.79 Å². The van der Waals surface area contributed by atoms with E-state index in [0.717, 1.165) is 25.8 Å². The Bertz CT molecular complexity index is 177. The Morgan fingerprint density at radius 2 is 2.00 bits per heavy atom. The Labute approximate surface area is 88.5 Å². The van der Waals surface area contributed by atoms with Gasteiger partial charge in [0.25, 0.3) is 0 Å². The van der Waals surface area contributed by atoms with Crippen LogP contribution in [0.25, 0.3) is 0 Å². The molecule has 0 radical (unpaired) electrons. The number of hydrogen-bond acceptors (Lipinski definition) is 1. The normalized spacial score (nSPS) is 26.6. The van der Waals surface area contributed by atoms with Gasteiger partial charge in [0, 0.05) is 13.0 Å². The van der Waals surface area contributed by atoms with Gasteiger partial charge in [0.15, 0.2) is 0 Å². The van der Waals surface area contributed by atoms with E-state index in [9.17, 15) is 4.79 Å². The topological polar surface area (TPSA) is 29.1 Å². The summed E-state index contributed by atoms with van der Waals surface area (Å²) in [5.74, 6) is 0.852. The molecule has 0 saturated carbocycles. The summed E-state index contributed by atoms with van der Waals surface area (Å²) in [7, 11) is 0. The number of amides is 1. The fraction of sp³-hybridized carbons (Fsp3) is 0.917. The zero-order valence-electron chi connectivity index (χ0n) is 10.3. The molecule has 0 aromatic heterocycles. The molecule has 1 saturated heterocycles. The Hall–Kier alpha value is -0.530. The van der Waals surface area contributed by atoms with Gasteiger partial charge in [-0.25, -0.2) is 0 Å². The highest BCUT2D eigenvalue weighted by atomic mass is 16.1. The summed E-state index contributed by atoms with van der Waals surface area (Å²) < 4.78 is 0. The lowest BCUT2D eigenvalue weighted by atomic mass is 9.68. The SMILES string of the molecule is CC.CCC1(C(C)C)CCNC(=O)C1. The zero-order chi connectivity index (χ0) is 11.2. The van der Waals surface area contributed by atoms with Crippen LogP contribution < -0.4 is 5.32 Å². The standard InChI is InChI=1S/C10H19NO.C2H6/c1-4-10(8(2)3)5-6-11-9(12)7-10;1-2/h8H,4-7H2,1-3H3,(H,11,12);1-2H3. The monoisotopic (exact) mass is 199 g/mol. The van der Waals surface area contributed by atoms with E-state index in [1.54, 1.807) is 0 Å². The average Bonchev–Trinajstić information content (AvgIpc) is 2.20. The van der Waals surface area contributed by atoms with Crippen LogP contribution in [0.2, 0.25) is 0 Å². The number of carbonyl (C=O) groups is 1. The molecule has 84 valence electrons. The number of nitrogens with one attached hydrogen (secondary N) is 1. The molecule has 0 aromatic rings. The predicted molar refractivity (Wildman–Crippen MR) is 61.2 cm³/mol. The highest BCUT2D eigenvalue weighted by Gasteiger charge is 2.36. The molecular formula is C12H25NO. The van der Waals surface area contributed by atoms with Crippen LogP contribution in [0.15, 0.2) is 0 Å². The molecule has 2 heteroatoms. The van der Waals surface area contributed by atoms with Crippen molar-refractivity contribution in [3.63, 3.8) is 0 Å². The van der Waals surface area contributed by atoms with Crippen LogP contribution in [-0.2, 0) is 4.79 Å². The second-order valence-corrected chi connectivity index (χ2v) is 4.15. The van der Waals surface area contributed by atoms with Crippen molar-refractivity contribution in [1.29, 1.82) is 0 Å². The van der Waals surface area contributed by atoms with Crippen LogP contribution in [0.5, 0.6) is 0 Å². The van der Waals surface area contributed by atoms with E-state index in [0.29, 0.717) is 5.92 Å². The maximum Gasteiger partial charge on any atom is 0.220 e. The van der Waals surface area contributed by atoms with Gasteiger partial charge in [0.1, 0.15) is 0 Å². The lowest BCUT2D eigenvalue weighted by Crippen LogP contribution is -2.43. The number of piperidine rings is 1. The quantitative estimate of drug-likeness (QED) is 0.728. The first kappa shape index (κ1) is 13.5. The molecule has 1 fully saturated rings. The molecule has 0 aromatic carbocycles. The van der Waals surface area contributed by atoms with Crippen LogP contribution in [0.3, 0.4) is 0 Å². The van der Waals surface area contributed by atoms with E-state index in [4.69, 9.17) is 0 Å². The summed E-state index contributed by atoms with van der Waals surface area (Å²) in [5.41, 5.74) is 0.280. The summed E-state index contributed by atoms with van der Waals surface area (Å²) in [4.78, 5) is 11.2. The van der Waals surface area contributed by atoms with Crippen molar-refractivity contribution in [2.45, 2.75) is 53.9 Å². The lowest BCUT2D eigenvalue weighted by Gasteiger charge is -2.39. The first-order chi connectivity index (χ1) is 6.60. The van der Waals surface area contributed by atoms with Crippen LogP contribution >= 0.6 is 0 Å². The number of hydrogen-bond donors (Lipinski definition) is 1. The molecule has 14 heavy (non-hydrogen) atoms. The van der Waals surface area contributed by atoms with Crippen molar-refractivity contribution in [3.05, 3.63) is 0 Å². The first-order valence-corrected chi connectivity index (χ1v) is 5.87. The van der Waals surface area contributed by atoms with Crippen molar-refractivity contribution >= 4 is 5.91 Å². The van der Waals surface area contributed by atoms with Crippen molar-refractivity contribution in [1.82, 2.24) is 5.32 Å². The molecule has 1 N–H and O–H groups in total. The fourth-order valence-corrected chi connectivity index (χ4v) is 2.12.